The largest absolute Gasteiger partial charge is 0.381 e. The molecule has 1 aromatic carbocycles. The summed E-state index contributed by atoms with van der Waals surface area (Å²) in [6, 6.07) is 8.62. The summed E-state index contributed by atoms with van der Waals surface area (Å²) in [7, 11) is 3.50. The molecule has 0 aliphatic heterocycles. The monoisotopic (exact) mass is 466 g/mol. The van der Waals surface area contributed by atoms with Gasteiger partial charge in [-0.05, 0) is 30.5 Å². The van der Waals surface area contributed by atoms with E-state index in [9.17, 15) is 9.59 Å². The van der Waals surface area contributed by atoms with Gasteiger partial charge in [0.05, 0.1) is 23.2 Å². The number of rotatable bonds is 3. The highest BCUT2D eigenvalue weighted by atomic mass is 16.2. The second-order valence-electron chi connectivity index (χ2n) is 8.20. The fourth-order valence-corrected chi connectivity index (χ4v) is 4.08. The molecule has 174 valence electrons. The Bertz CT molecular complexity index is 1730. The van der Waals surface area contributed by atoms with Crippen LogP contribution in [0.4, 0.5) is 5.82 Å². The van der Waals surface area contributed by atoms with Crippen molar-refractivity contribution in [2.75, 3.05) is 5.73 Å². The van der Waals surface area contributed by atoms with Crippen LogP contribution in [0.2, 0.25) is 0 Å². The van der Waals surface area contributed by atoms with Gasteiger partial charge in [-0.3, -0.25) is 14.3 Å². The molecule has 10 nitrogen and oxygen atoms in total. The summed E-state index contributed by atoms with van der Waals surface area (Å²) in [5, 5.41) is 12.4. The number of benzene rings is 1. The highest BCUT2D eigenvalue weighted by molar-refractivity contribution is 6.04. The minimum Gasteiger partial charge on any atom is -0.381 e. The van der Waals surface area contributed by atoms with Gasteiger partial charge in [-0.2, -0.15) is 5.10 Å². The Morgan fingerprint density at radius 3 is 2.80 bits per heavy atom. The van der Waals surface area contributed by atoms with Crippen LogP contribution in [0.5, 0.6) is 0 Å². The molecule has 1 atom stereocenters. The van der Waals surface area contributed by atoms with E-state index in [-0.39, 0.29) is 16.9 Å². The molecule has 0 aliphatic carbocycles. The summed E-state index contributed by atoms with van der Waals surface area (Å²) in [6.07, 6.45) is 6.72. The van der Waals surface area contributed by atoms with E-state index in [0.29, 0.717) is 22.3 Å². The van der Waals surface area contributed by atoms with Gasteiger partial charge in [0.15, 0.2) is 11.5 Å². The molecule has 5 rings (SSSR count). The molecule has 0 fully saturated rings. The number of pyridine rings is 1. The Kier molecular flexibility index (Phi) is 5.30. The van der Waals surface area contributed by atoms with Gasteiger partial charge in [-0.25, -0.2) is 9.50 Å². The van der Waals surface area contributed by atoms with Crippen molar-refractivity contribution in [3.63, 3.8) is 0 Å². The zero-order chi connectivity index (χ0) is 24.7. The van der Waals surface area contributed by atoms with Crippen LogP contribution >= 0.6 is 0 Å². The van der Waals surface area contributed by atoms with Crippen molar-refractivity contribution in [3.05, 3.63) is 87.9 Å². The van der Waals surface area contributed by atoms with E-state index >= 15 is 0 Å². The van der Waals surface area contributed by atoms with Gasteiger partial charge >= 0.3 is 0 Å². The van der Waals surface area contributed by atoms with Gasteiger partial charge in [0.2, 0.25) is 0 Å². The Labute approximate surface area is 200 Å². The van der Waals surface area contributed by atoms with Gasteiger partial charge in [0.25, 0.3) is 11.5 Å². The number of anilines is 1. The van der Waals surface area contributed by atoms with Crippen LogP contribution in [0, 0.1) is 11.8 Å². The van der Waals surface area contributed by atoms with Crippen molar-refractivity contribution < 1.29 is 4.79 Å². The van der Waals surface area contributed by atoms with E-state index in [4.69, 9.17) is 5.73 Å². The van der Waals surface area contributed by atoms with Crippen molar-refractivity contribution in [3.8, 4) is 11.8 Å². The predicted octanol–water partition coefficient (Wildman–Crippen LogP) is 1.79. The molecule has 3 N–H and O–H groups in total. The van der Waals surface area contributed by atoms with Crippen LogP contribution < -0.4 is 16.6 Å². The van der Waals surface area contributed by atoms with E-state index in [1.165, 1.54) is 9.08 Å². The zero-order valence-corrected chi connectivity index (χ0v) is 19.4. The third-order valence-electron chi connectivity index (χ3n) is 5.79. The van der Waals surface area contributed by atoms with Crippen LogP contribution in [-0.2, 0) is 14.1 Å². The topological polar surface area (TPSA) is 125 Å². The van der Waals surface area contributed by atoms with Gasteiger partial charge < -0.3 is 15.6 Å². The lowest BCUT2D eigenvalue weighted by Crippen LogP contribution is -2.32. The lowest BCUT2D eigenvalue weighted by atomic mass is 10.0. The van der Waals surface area contributed by atoms with E-state index in [1.54, 1.807) is 43.3 Å². The second-order valence-corrected chi connectivity index (χ2v) is 8.20. The second kappa shape index (κ2) is 8.46. The number of nitrogens with one attached hydrogen (secondary N) is 1. The van der Waals surface area contributed by atoms with Gasteiger partial charge in [0.1, 0.15) is 5.56 Å². The molecule has 0 radical (unpaired) electrons. The number of fused-ring (bicyclic) bond motifs is 2. The maximum atomic E-state index is 13.4. The molecule has 0 saturated heterocycles. The van der Waals surface area contributed by atoms with E-state index < -0.39 is 11.9 Å². The number of nitrogens with zero attached hydrogens (tertiary/aromatic N) is 6. The number of hydrogen-bond acceptors (Lipinski definition) is 6. The zero-order valence-electron chi connectivity index (χ0n) is 19.4. The summed E-state index contributed by atoms with van der Waals surface area (Å²) >= 11 is 0. The predicted molar refractivity (Wildman–Crippen MR) is 132 cm³/mol. The Morgan fingerprint density at radius 1 is 1.20 bits per heavy atom. The Hall–Kier alpha value is -4.91. The van der Waals surface area contributed by atoms with Crippen LogP contribution in [0.15, 0.2) is 59.9 Å². The third-order valence-corrected chi connectivity index (χ3v) is 5.79. The normalized spacial score (nSPS) is 11.9. The maximum Gasteiger partial charge on any atom is 0.259 e. The molecular weight excluding hydrogens is 444 g/mol. The van der Waals surface area contributed by atoms with Gasteiger partial charge in [0, 0.05) is 43.9 Å². The van der Waals surface area contributed by atoms with Crippen LogP contribution in [0.25, 0.3) is 16.4 Å². The molecule has 10 heteroatoms. The first-order valence-electron chi connectivity index (χ1n) is 10.9. The number of hydrogen-bond donors (Lipinski definition) is 2. The highest BCUT2D eigenvalue weighted by Gasteiger charge is 2.22. The molecule has 4 heterocycles. The molecule has 5 aromatic rings. The molecule has 1 amide bonds. The number of aromatic nitrogens is 6. The highest BCUT2D eigenvalue weighted by Crippen LogP contribution is 2.22. The first kappa shape index (κ1) is 21.9. The SMILES string of the molecule is CC(NC(=O)c1c(N)nn2cccnc12)c1cc2cccc(C#Cc3cnn(C)c3)c2c(=O)n1C. The summed E-state index contributed by atoms with van der Waals surface area (Å²) in [4.78, 5) is 30.6. The first-order valence-corrected chi connectivity index (χ1v) is 10.9. The van der Waals surface area contributed by atoms with Gasteiger partial charge in [-0.15, -0.1) is 5.10 Å². The van der Waals surface area contributed by atoms with Crippen LogP contribution in [0.3, 0.4) is 0 Å². The average molecular weight is 467 g/mol. The maximum absolute atomic E-state index is 13.4. The summed E-state index contributed by atoms with van der Waals surface area (Å²) in [5.41, 5.74) is 8.35. The van der Waals surface area contributed by atoms with Crippen molar-refractivity contribution >= 4 is 28.1 Å². The van der Waals surface area contributed by atoms with Crippen molar-refractivity contribution in [2.45, 2.75) is 13.0 Å². The number of amides is 1. The molecule has 0 spiro atoms. The van der Waals surface area contributed by atoms with E-state index in [1.807, 2.05) is 37.5 Å². The number of carbonyl (C=O) groups excluding carboxylic acids is 1. The fraction of sp³-hybridized carbons (Fsp3) is 0.160. The van der Waals surface area contributed by atoms with E-state index in [0.717, 1.165) is 10.9 Å². The van der Waals surface area contributed by atoms with Crippen LogP contribution in [-0.4, -0.2) is 34.9 Å². The standard InChI is InChI=1S/C25H22N8O2/c1-15(29-24(34)21-22(26)30-33-11-5-10-27-23(21)33)19-12-18-7-4-6-17(20(18)25(35)32(19)3)9-8-16-13-28-31(2)14-16/h4-7,10-15H,1-3H3,(H2,26,30)(H,29,34). The summed E-state index contributed by atoms with van der Waals surface area (Å²) in [6.45, 7) is 1.81. The molecule has 0 aliphatic rings. The Balaban J connectivity index is 1.51. The molecule has 4 aromatic heterocycles. The average Bonchev–Trinajstić information content (AvgIpc) is 3.41. The molecule has 0 saturated carbocycles. The van der Waals surface area contributed by atoms with Crippen molar-refractivity contribution in [1.82, 2.24) is 34.3 Å². The molecule has 0 bridgehead atoms. The van der Waals surface area contributed by atoms with E-state index in [2.05, 4.69) is 32.3 Å². The summed E-state index contributed by atoms with van der Waals surface area (Å²) in [5.74, 6) is 5.80. The van der Waals surface area contributed by atoms with Crippen molar-refractivity contribution in [1.29, 1.82) is 0 Å². The molecule has 1 unspecified atom stereocenters. The quantitative estimate of drug-likeness (QED) is 0.391. The first-order chi connectivity index (χ1) is 16.8. The number of carbonyl (C=O) groups is 1. The number of nitrogen functional groups attached to an aromatic ring is 1. The lowest BCUT2D eigenvalue weighted by molar-refractivity contribution is 0.0941. The number of aryl methyl sites for hydroxylation is 1. The third kappa shape index (κ3) is 3.89. The van der Waals surface area contributed by atoms with Crippen LogP contribution in [0.1, 0.15) is 40.1 Å². The minimum absolute atomic E-state index is 0.0811. The number of nitrogens with two attached hydrogens (primary N) is 1. The lowest BCUT2D eigenvalue weighted by Gasteiger charge is -2.18. The Morgan fingerprint density at radius 2 is 2.03 bits per heavy atom. The fourth-order valence-electron chi connectivity index (χ4n) is 4.08. The summed E-state index contributed by atoms with van der Waals surface area (Å²) < 4.78 is 4.65. The molecule has 35 heavy (non-hydrogen) atoms. The molecular formula is C25H22N8O2. The minimum atomic E-state index is -0.493. The van der Waals surface area contributed by atoms with Crippen molar-refractivity contribution in [2.24, 2.45) is 14.1 Å². The van der Waals surface area contributed by atoms with Gasteiger partial charge in [-0.1, -0.05) is 24.0 Å². The smallest absolute Gasteiger partial charge is 0.259 e.